The third-order valence-corrected chi connectivity index (χ3v) is 3.88. The number of aryl methyl sites for hydroxylation is 2. The molecule has 0 spiro atoms. The van der Waals surface area contributed by atoms with E-state index in [1.807, 2.05) is 19.9 Å². The lowest BCUT2D eigenvalue weighted by Crippen LogP contribution is -2.35. The molecule has 2 rings (SSSR count). The third kappa shape index (κ3) is 3.26. The Morgan fingerprint density at radius 1 is 1.10 bits per heavy atom. The quantitative estimate of drug-likeness (QED) is 0.889. The Labute approximate surface area is 120 Å². The maximum absolute atomic E-state index is 13.2. The molecular weight excluding hydrogens is 249 g/mol. The van der Waals surface area contributed by atoms with Gasteiger partial charge < -0.3 is 5.73 Å². The van der Waals surface area contributed by atoms with Crippen molar-refractivity contribution in [3.63, 3.8) is 0 Å². The summed E-state index contributed by atoms with van der Waals surface area (Å²) in [5.74, 6) is -0.197. The molecule has 20 heavy (non-hydrogen) atoms. The molecule has 0 heterocycles. The van der Waals surface area contributed by atoms with Gasteiger partial charge in [-0.05, 0) is 61.1 Å². The Bertz CT molecular complexity index is 585. The fraction of sp³-hybridized carbons (Fsp3) is 0.333. The summed E-state index contributed by atoms with van der Waals surface area (Å²) in [5, 5.41) is 0. The molecule has 1 unspecified atom stereocenters. The van der Waals surface area contributed by atoms with Gasteiger partial charge in [-0.15, -0.1) is 0 Å². The van der Waals surface area contributed by atoms with Crippen LogP contribution in [-0.4, -0.2) is 0 Å². The molecule has 0 saturated heterocycles. The van der Waals surface area contributed by atoms with E-state index in [0.717, 1.165) is 23.1 Å². The SMILES string of the molecule is CCc1ccc(C(C)(N)Cc2ccc(F)cc2C)cc1. The van der Waals surface area contributed by atoms with Crippen molar-refractivity contribution in [3.05, 3.63) is 70.5 Å². The molecule has 2 aromatic carbocycles. The summed E-state index contributed by atoms with van der Waals surface area (Å²) in [7, 11) is 0. The predicted octanol–water partition coefficient (Wildman–Crippen LogP) is 4.11. The summed E-state index contributed by atoms with van der Waals surface area (Å²) in [5.41, 5.74) is 10.5. The lowest BCUT2D eigenvalue weighted by atomic mass is 9.85. The molecule has 0 aliphatic carbocycles. The van der Waals surface area contributed by atoms with E-state index in [9.17, 15) is 4.39 Å². The molecule has 0 aliphatic heterocycles. The minimum atomic E-state index is -0.450. The lowest BCUT2D eigenvalue weighted by molar-refractivity contribution is 0.489. The molecule has 2 N–H and O–H groups in total. The Hall–Kier alpha value is -1.67. The summed E-state index contributed by atoms with van der Waals surface area (Å²) in [6.45, 7) is 6.09. The highest BCUT2D eigenvalue weighted by molar-refractivity contribution is 5.33. The minimum absolute atomic E-state index is 0.197. The number of hydrogen-bond donors (Lipinski definition) is 1. The van der Waals surface area contributed by atoms with Crippen molar-refractivity contribution < 1.29 is 4.39 Å². The maximum Gasteiger partial charge on any atom is 0.123 e. The van der Waals surface area contributed by atoms with E-state index >= 15 is 0 Å². The molecule has 1 nitrogen and oxygen atoms in total. The third-order valence-electron chi connectivity index (χ3n) is 3.88. The van der Waals surface area contributed by atoms with Crippen LogP contribution in [0.5, 0.6) is 0 Å². The largest absolute Gasteiger partial charge is 0.321 e. The number of hydrogen-bond acceptors (Lipinski definition) is 1. The van der Waals surface area contributed by atoms with E-state index in [-0.39, 0.29) is 5.82 Å². The summed E-state index contributed by atoms with van der Waals surface area (Å²) in [6.07, 6.45) is 1.73. The average molecular weight is 271 g/mol. The van der Waals surface area contributed by atoms with E-state index in [1.165, 1.54) is 11.6 Å². The van der Waals surface area contributed by atoms with Crippen LogP contribution in [0.3, 0.4) is 0 Å². The van der Waals surface area contributed by atoms with Gasteiger partial charge in [0.25, 0.3) is 0 Å². The second-order valence-corrected chi connectivity index (χ2v) is 5.72. The van der Waals surface area contributed by atoms with Crippen molar-refractivity contribution in [2.45, 2.75) is 39.2 Å². The normalized spacial score (nSPS) is 14.1. The number of halogens is 1. The highest BCUT2D eigenvalue weighted by atomic mass is 19.1. The van der Waals surface area contributed by atoms with Crippen LogP contribution in [0.25, 0.3) is 0 Å². The predicted molar refractivity (Wildman–Crippen MR) is 82.2 cm³/mol. The fourth-order valence-corrected chi connectivity index (χ4v) is 2.48. The van der Waals surface area contributed by atoms with Gasteiger partial charge >= 0.3 is 0 Å². The van der Waals surface area contributed by atoms with Gasteiger partial charge in [0.05, 0.1) is 0 Å². The van der Waals surface area contributed by atoms with Crippen LogP contribution in [0.2, 0.25) is 0 Å². The summed E-state index contributed by atoms with van der Waals surface area (Å²) < 4.78 is 13.2. The van der Waals surface area contributed by atoms with Crippen LogP contribution < -0.4 is 5.73 Å². The summed E-state index contributed by atoms with van der Waals surface area (Å²) in [4.78, 5) is 0. The first-order valence-electron chi connectivity index (χ1n) is 7.05. The van der Waals surface area contributed by atoms with E-state index in [2.05, 4.69) is 31.2 Å². The zero-order valence-corrected chi connectivity index (χ0v) is 12.4. The molecule has 2 aromatic rings. The van der Waals surface area contributed by atoms with Crippen LogP contribution in [0.4, 0.5) is 4.39 Å². The topological polar surface area (TPSA) is 26.0 Å². The van der Waals surface area contributed by atoms with Gasteiger partial charge in [-0.2, -0.15) is 0 Å². The second kappa shape index (κ2) is 5.76. The van der Waals surface area contributed by atoms with E-state index in [4.69, 9.17) is 5.73 Å². The molecule has 0 fully saturated rings. The van der Waals surface area contributed by atoms with Crippen LogP contribution in [0.1, 0.15) is 36.1 Å². The first-order valence-corrected chi connectivity index (χ1v) is 7.05. The maximum atomic E-state index is 13.2. The van der Waals surface area contributed by atoms with Crippen molar-refractivity contribution in [1.82, 2.24) is 0 Å². The Balaban J connectivity index is 2.25. The van der Waals surface area contributed by atoms with Gasteiger partial charge in [-0.3, -0.25) is 0 Å². The first kappa shape index (κ1) is 14.7. The van der Waals surface area contributed by atoms with Crippen LogP contribution in [-0.2, 0) is 18.4 Å². The lowest BCUT2D eigenvalue weighted by Gasteiger charge is -2.26. The van der Waals surface area contributed by atoms with Gasteiger partial charge in [0.15, 0.2) is 0 Å². The first-order chi connectivity index (χ1) is 9.42. The molecule has 0 radical (unpaired) electrons. The van der Waals surface area contributed by atoms with E-state index in [0.29, 0.717) is 6.42 Å². The van der Waals surface area contributed by atoms with Crippen LogP contribution in [0, 0.1) is 12.7 Å². The van der Waals surface area contributed by atoms with Gasteiger partial charge in [0.1, 0.15) is 5.82 Å². The monoisotopic (exact) mass is 271 g/mol. The van der Waals surface area contributed by atoms with Gasteiger partial charge in [-0.1, -0.05) is 37.3 Å². The number of nitrogens with two attached hydrogens (primary N) is 1. The summed E-state index contributed by atoms with van der Waals surface area (Å²) >= 11 is 0. The van der Waals surface area contributed by atoms with Crippen molar-refractivity contribution in [2.24, 2.45) is 5.73 Å². The van der Waals surface area contributed by atoms with E-state index < -0.39 is 5.54 Å². The molecule has 0 saturated carbocycles. The zero-order valence-electron chi connectivity index (χ0n) is 12.4. The summed E-state index contributed by atoms with van der Waals surface area (Å²) in [6, 6.07) is 13.3. The molecule has 0 aliphatic rings. The van der Waals surface area contributed by atoms with Crippen molar-refractivity contribution in [2.75, 3.05) is 0 Å². The van der Waals surface area contributed by atoms with Crippen LogP contribution >= 0.6 is 0 Å². The molecule has 0 bridgehead atoms. The fourth-order valence-electron chi connectivity index (χ4n) is 2.48. The molecule has 0 aromatic heterocycles. The number of rotatable bonds is 4. The zero-order chi connectivity index (χ0) is 14.8. The van der Waals surface area contributed by atoms with E-state index in [1.54, 1.807) is 6.07 Å². The van der Waals surface area contributed by atoms with Crippen molar-refractivity contribution >= 4 is 0 Å². The van der Waals surface area contributed by atoms with Gasteiger partial charge in [0, 0.05) is 5.54 Å². The van der Waals surface area contributed by atoms with Crippen LogP contribution in [0.15, 0.2) is 42.5 Å². The Morgan fingerprint density at radius 2 is 1.75 bits per heavy atom. The van der Waals surface area contributed by atoms with Crippen molar-refractivity contribution in [3.8, 4) is 0 Å². The molecule has 0 amide bonds. The van der Waals surface area contributed by atoms with Crippen molar-refractivity contribution in [1.29, 1.82) is 0 Å². The molecular formula is C18H22FN. The minimum Gasteiger partial charge on any atom is -0.321 e. The second-order valence-electron chi connectivity index (χ2n) is 5.72. The molecule has 106 valence electrons. The highest BCUT2D eigenvalue weighted by Gasteiger charge is 2.22. The number of benzene rings is 2. The highest BCUT2D eigenvalue weighted by Crippen LogP contribution is 2.25. The average Bonchev–Trinajstić information content (AvgIpc) is 2.42. The Kier molecular flexibility index (Phi) is 4.24. The standard InChI is InChI=1S/C18H22FN/c1-4-14-5-8-16(9-6-14)18(3,20)12-15-7-10-17(19)11-13(15)2/h5-11H,4,12,20H2,1-3H3. The molecule has 2 heteroatoms. The molecule has 1 atom stereocenters. The van der Waals surface area contributed by atoms with Gasteiger partial charge in [-0.25, -0.2) is 4.39 Å². The Morgan fingerprint density at radius 3 is 2.30 bits per heavy atom. The smallest absolute Gasteiger partial charge is 0.123 e. The van der Waals surface area contributed by atoms with Gasteiger partial charge in [0.2, 0.25) is 0 Å².